The fraction of sp³-hybridized carbons (Fsp3) is 0. The van der Waals surface area contributed by atoms with Crippen LogP contribution >= 0.6 is 0 Å². The minimum absolute atomic E-state index is 0. The van der Waals surface area contributed by atoms with Gasteiger partial charge in [0.1, 0.15) is 0 Å². The van der Waals surface area contributed by atoms with Gasteiger partial charge in [0, 0.05) is 31.6 Å². The molecule has 5 nitrogen and oxygen atoms in total. The molecule has 7 heteroatoms. The maximum Gasteiger partial charge on any atom is 0.180 e. The number of hydrogen-bond donors (Lipinski definition) is 1. The maximum atomic E-state index is 10.2. The molecule has 0 aliphatic carbocycles. The molecule has 0 saturated carbocycles. The molecule has 64 valence electrons. The van der Waals surface area contributed by atoms with E-state index in [9.17, 15) is 5.21 Å². The topological polar surface area (TPSA) is 87.3 Å². The molecule has 0 aliphatic heterocycles. The predicted molar refractivity (Wildman–Crippen MR) is 37.0 cm³/mol. The van der Waals surface area contributed by atoms with E-state index >= 15 is 0 Å². The van der Waals surface area contributed by atoms with Crippen LogP contribution in [0.4, 0.5) is 0 Å². The Bertz CT molecular complexity index is 216. The third-order valence-corrected chi connectivity index (χ3v) is 0.688. The van der Waals surface area contributed by atoms with E-state index in [2.05, 4.69) is 0 Å². The first-order valence-corrected chi connectivity index (χ1v) is 3.58. The van der Waals surface area contributed by atoms with Crippen LogP contribution in [0.3, 0.4) is 0 Å². The molecule has 1 unspecified atom stereocenters. The van der Waals surface area contributed by atoms with Crippen molar-refractivity contribution in [3.05, 3.63) is 35.8 Å². The standard InChI is InChI=1S/C5H5NO.H2O3S.Zn/c7-6-4-2-1-3-5-6;1-4(2)3;/h1-5H;(H2,1,2,3);/p-1. The van der Waals surface area contributed by atoms with Crippen LogP contribution in [0.5, 0.6) is 0 Å². The van der Waals surface area contributed by atoms with E-state index in [-0.39, 0.29) is 19.5 Å². The summed E-state index contributed by atoms with van der Waals surface area (Å²) in [5, 5.41) is 10.2. The summed E-state index contributed by atoms with van der Waals surface area (Å²) in [5.74, 6) is 0. The van der Waals surface area contributed by atoms with Gasteiger partial charge < -0.3 is 14.3 Å². The molecule has 1 aromatic rings. The molecule has 0 amide bonds. The third kappa shape index (κ3) is 12.3. The monoisotopic (exact) mass is 240 g/mol. The van der Waals surface area contributed by atoms with Crippen LogP contribution in [-0.4, -0.2) is 13.3 Å². The first-order chi connectivity index (χ1) is 5.13. The number of aromatic nitrogens is 1. The van der Waals surface area contributed by atoms with E-state index in [4.69, 9.17) is 13.3 Å². The Labute approximate surface area is 84.9 Å². The number of pyridine rings is 1. The van der Waals surface area contributed by atoms with Gasteiger partial charge in [-0.2, -0.15) is 4.73 Å². The normalized spacial score (nSPS) is 10.2. The van der Waals surface area contributed by atoms with Crippen LogP contribution in [-0.2, 0) is 30.8 Å². The van der Waals surface area contributed by atoms with E-state index in [1.165, 1.54) is 12.4 Å². The van der Waals surface area contributed by atoms with Crippen LogP contribution in [0, 0.1) is 5.21 Å². The van der Waals surface area contributed by atoms with E-state index in [1.807, 2.05) is 0 Å². The Morgan fingerprint density at radius 1 is 1.25 bits per heavy atom. The molecule has 0 radical (unpaired) electrons. The fourth-order valence-electron chi connectivity index (χ4n) is 0.383. The van der Waals surface area contributed by atoms with Crippen molar-refractivity contribution in [2.24, 2.45) is 0 Å². The predicted octanol–water partition coefficient (Wildman–Crippen LogP) is -0.344. The van der Waals surface area contributed by atoms with Crippen molar-refractivity contribution in [2.45, 2.75) is 0 Å². The fourth-order valence-corrected chi connectivity index (χ4v) is 0.383. The van der Waals surface area contributed by atoms with Gasteiger partial charge in [-0.05, 0) is 0 Å². The van der Waals surface area contributed by atoms with E-state index in [0.29, 0.717) is 0 Å². The Hall–Kier alpha value is -0.357. The summed E-state index contributed by atoms with van der Waals surface area (Å²) >= 11 is -2.86. The second kappa shape index (κ2) is 8.74. The minimum Gasteiger partial charge on any atom is -0.750 e. The van der Waals surface area contributed by atoms with Gasteiger partial charge in [0.25, 0.3) is 0 Å². The van der Waals surface area contributed by atoms with Crippen molar-refractivity contribution in [1.82, 2.24) is 0 Å². The second-order valence-electron chi connectivity index (χ2n) is 1.45. The van der Waals surface area contributed by atoms with Gasteiger partial charge in [-0.3, -0.25) is 0 Å². The van der Waals surface area contributed by atoms with Crippen molar-refractivity contribution in [3.8, 4) is 0 Å². The first-order valence-electron chi connectivity index (χ1n) is 2.55. The summed E-state index contributed by atoms with van der Waals surface area (Å²) in [6.45, 7) is 0. The van der Waals surface area contributed by atoms with Gasteiger partial charge in [0.2, 0.25) is 0 Å². The summed E-state index contributed by atoms with van der Waals surface area (Å²) in [5.41, 5.74) is 0. The summed E-state index contributed by atoms with van der Waals surface area (Å²) in [4.78, 5) is 0. The second-order valence-corrected chi connectivity index (χ2v) is 1.89. The van der Waals surface area contributed by atoms with Crippen LogP contribution in [0.1, 0.15) is 0 Å². The van der Waals surface area contributed by atoms with Gasteiger partial charge >= 0.3 is 0 Å². The van der Waals surface area contributed by atoms with Gasteiger partial charge in [-0.25, -0.2) is 4.21 Å². The number of rotatable bonds is 0. The van der Waals surface area contributed by atoms with Crippen LogP contribution in [0.15, 0.2) is 30.6 Å². The van der Waals surface area contributed by atoms with Crippen molar-refractivity contribution >= 4 is 11.4 Å². The molecule has 1 rings (SSSR count). The molecule has 0 aromatic carbocycles. The average molecular weight is 242 g/mol. The summed E-state index contributed by atoms with van der Waals surface area (Å²) in [7, 11) is 0. The van der Waals surface area contributed by atoms with E-state index in [0.717, 1.165) is 4.73 Å². The van der Waals surface area contributed by atoms with Gasteiger partial charge in [-0.15, -0.1) is 0 Å². The molecule has 1 atom stereocenters. The van der Waals surface area contributed by atoms with E-state index in [1.54, 1.807) is 18.2 Å². The SMILES string of the molecule is O=S([O-])O.[O-][n+]1ccccc1.[Zn]. The molecule has 0 aliphatic rings. The Morgan fingerprint density at radius 3 is 1.75 bits per heavy atom. The third-order valence-electron chi connectivity index (χ3n) is 0.688. The van der Waals surface area contributed by atoms with Crippen LogP contribution in [0.2, 0.25) is 0 Å². The molecular formula is C5H6NO4SZn-. The zero-order valence-corrected chi connectivity index (χ0v) is 9.90. The smallest absolute Gasteiger partial charge is 0.180 e. The quantitative estimate of drug-likeness (QED) is 0.291. The van der Waals surface area contributed by atoms with Crippen molar-refractivity contribution in [2.75, 3.05) is 0 Å². The molecule has 0 bridgehead atoms. The van der Waals surface area contributed by atoms with Gasteiger partial charge in [-0.1, -0.05) is 6.07 Å². The van der Waals surface area contributed by atoms with Crippen molar-refractivity contribution in [3.63, 3.8) is 0 Å². The van der Waals surface area contributed by atoms with Crippen molar-refractivity contribution in [1.29, 1.82) is 0 Å². The van der Waals surface area contributed by atoms with Crippen molar-refractivity contribution < 1.29 is 37.5 Å². The number of nitrogens with zero attached hydrogens (tertiary/aromatic N) is 1. The first kappa shape index (κ1) is 14.2. The van der Waals surface area contributed by atoms with Gasteiger partial charge in [0.05, 0.1) is 11.4 Å². The number of hydrogen-bond acceptors (Lipinski definition) is 3. The molecule has 1 heterocycles. The summed E-state index contributed by atoms with van der Waals surface area (Å²) in [6.07, 6.45) is 2.89. The summed E-state index contributed by atoms with van der Waals surface area (Å²) < 4.78 is 24.8. The minimum atomic E-state index is -2.86. The molecule has 0 fully saturated rings. The van der Waals surface area contributed by atoms with Gasteiger partial charge in [0.15, 0.2) is 12.4 Å². The Morgan fingerprint density at radius 2 is 1.58 bits per heavy atom. The average Bonchev–Trinajstić information content (AvgIpc) is 1.87. The van der Waals surface area contributed by atoms with Crippen LogP contribution in [0.25, 0.3) is 0 Å². The molecule has 1 aromatic heterocycles. The van der Waals surface area contributed by atoms with E-state index < -0.39 is 11.4 Å². The Balaban J connectivity index is 0. The Kier molecular flexibility index (Phi) is 10.3. The molecular weight excluding hydrogens is 236 g/mol. The molecule has 0 saturated heterocycles. The molecule has 0 spiro atoms. The molecule has 1 N–H and O–H groups in total. The van der Waals surface area contributed by atoms with Crippen LogP contribution < -0.4 is 4.73 Å². The maximum absolute atomic E-state index is 10.2. The molecule has 12 heavy (non-hydrogen) atoms. The zero-order chi connectivity index (χ0) is 8.69. The zero-order valence-electron chi connectivity index (χ0n) is 6.12. The summed E-state index contributed by atoms with van der Waals surface area (Å²) in [6, 6.07) is 5.18. The largest absolute Gasteiger partial charge is 0.750 e.